The van der Waals surface area contributed by atoms with Crippen LogP contribution in [-0.2, 0) is 6.42 Å². The van der Waals surface area contributed by atoms with Crippen LogP contribution in [0.5, 0.6) is 0 Å². The molecule has 2 aromatic rings. The highest BCUT2D eigenvalue weighted by Crippen LogP contribution is 2.20. The normalized spacial score (nSPS) is 21.0. The lowest BCUT2D eigenvalue weighted by molar-refractivity contribution is -0.919. The lowest BCUT2D eigenvalue weighted by Crippen LogP contribution is -3.17. The Hall–Kier alpha value is -2.20. The number of aromatic amines is 1. The summed E-state index contributed by atoms with van der Waals surface area (Å²) < 4.78 is 0. The van der Waals surface area contributed by atoms with Crippen molar-refractivity contribution in [3.8, 4) is 0 Å². The predicted molar refractivity (Wildman–Crippen MR) is 108 cm³/mol. The van der Waals surface area contributed by atoms with Gasteiger partial charge in [0.25, 0.3) is 0 Å². The second-order valence-corrected chi connectivity index (χ2v) is 8.06. The molecule has 0 unspecified atom stereocenters. The fourth-order valence-corrected chi connectivity index (χ4v) is 4.56. The quantitative estimate of drug-likeness (QED) is 0.772. The van der Waals surface area contributed by atoms with Crippen LogP contribution < -0.4 is 4.90 Å². The summed E-state index contributed by atoms with van der Waals surface area (Å²) in [6.07, 6.45) is 3.44. The van der Waals surface area contributed by atoms with E-state index < -0.39 is 0 Å². The third kappa shape index (κ3) is 4.22. The van der Waals surface area contributed by atoms with Crippen molar-refractivity contribution >= 4 is 11.6 Å². The summed E-state index contributed by atoms with van der Waals surface area (Å²) in [5.41, 5.74) is 4.29. The standard InChI is InChI=1S/C23H30N2O2/c1-15-21(18(4)26)16(2)24-22(15)23(27)17(3)25-12-10-20(11-13-25)14-19-8-6-5-7-9-19/h5-9,17,20,24H,10-14H2,1-4H3/p+1/t17-/m1/s1. The molecule has 0 spiro atoms. The molecule has 1 fully saturated rings. The van der Waals surface area contributed by atoms with Crippen LogP contribution in [0.15, 0.2) is 30.3 Å². The lowest BCUT2D eigenvalue weighted by atomic mass is 9.89. The molecular formula is C23H31N2O2+. The largest absolute Gasteiger partial charge is 0.355 e. The molecule has 1 atom stereocenters. The fourth-order valence-electron chi connectivity index (χ4n) is 4.56. The van der Waals surface area contributed by atoms with E-state index in [1.165, 1.54) is 10.5 Å². The predicted octanol–water partition coefficient (Wildman–Crippen LogP) is 2.94. The van der Waals surface area contributed by atoms with Gasteiger partial charge >= 0.3 is 0 Å². The Morgan fingerprint density at radius 2 is 1.78 bits per heavy atom. The van der Waals surface area contributed by atoms with Gasteiger partial charge in [0.1, 0.15) is 6.04 Å². The Morgan fingerprint density at radius 3 is 2.33 bits per heavy atom. The number of benzene rings is 1. The fraction of sp³-hybridized carbons (Fsp3) is 0.478. The Labute approximate surface area is 162 Å². The summed E-state index contributed by atoms with van der Waals surface area (Å²) in [6, 6.07) is 10.6. The number of aromatic nitrogens is 1. The molecule has 0 aliphatic carbocycles. The maximum absolute atomic E-state index is 13.1. The molecular weight excluding hydrogens is 336 g/mol. The van der Waals surface area contributed by atoms with Crippen molar-refractivity contribution < 1.29 is 14.5 Å². The van der Waals surface area contributed by atoms with E-state index in [0.717, 1.165) is 43.6 Å². The number of piperidine rings is 1. The summed E-state index contributed by atoms with van der Waals surface area (Å²) in [4.78, 5) is 29.4. The van der Waals surface area contributed by atoms with Gasteiger partial charge in [-0.3, -0.25) is 9.59 Å². The van der Waals surface area contributed by atoms with Gasteiger partial charge in [-0.05, 0) is 64.0 Å². The van der Waals surface area contributed by atoms with E-state index in [4.69, 9.17) is 0 Å². The molecule has 1 aromatic heterocycles. The van der Waals surface area contributed by atoms with Crippen molar-refractivity contribution in [3.05, 3.63) is 58.4 Å². The average molecular weight is 368 g/mol. The van der Waals surface area contributed by atoms with Crippen molar-refractivity contribution in [2.45, 2.75) is 53.0 Å². The zero-order chi connectivity index (χ0) is 19.6. The topological polar surface area (TPSA) is 54.4 Å². The molecule has 27 heavy (non-hydrogen) atoms. The van der Waals surface area contributed by atoms with Gasteiger partial charge in [0.15, 0.2) is 5.78 Å². The first-order chi connectivity index (χ1) is 12.9. The monoisotopic (exact) mass is 367 g/mol. The number of likely N-dealkylation sites (tertiary alicyclic amines) is 1. The van der Waals surface area contributed by atoms with Crippen molar-refractivity contribution in [2.75, 3.05) is 13.1 Å². The molecule has 4 heteroatoms. The maximum Gasteiger partial charge on any atom is 0.235 e. The Balaban J connectivity index is 1.62. The first kappa shape index (κ1) is 19.6. The minimum absolute atomic E-state index is 0.0158. The van der Waals surface area contributed by atoms with Gasteiger partial charge < -0.3 is 9.88 Å². The van der Waals surface area contributed by atoms with E-state index >= 15 is 0 Å². The number of nitrogens with one attached hydrogen (secondary N) is 2. The van der Waals surface area contributed by atoms with Crippen molar-refractivity contribution in [1.29, 1.82) is 0 Å². The van der Waals surface area contributed by atoms with Crippen LogP contribution in [0.3, 0.4) is 0 Å². The number of Topliss-reactive ketones (excluding diaryl/α,β-unsaturated/α-hetero) is 2. The molecule has 1 aliphatic rings. The van der Waals surface area contributed by atoms with Gasteiger partial charge in [0, 0.05) is 11.3 Å². The van der Waals surface area contributed by atoms with Gasteiger partial charge in [-0.25, -0.2) is 0 Å². The van der Waals surface area contributed by atoms with E-state index in [1.54, 1.807) is 6.92 Å². The molecule has 1 saturated heterocycles. The van der Waals surface area contributed by atoms with E-state index in [-0.39, 0.29) is 17.6 Å². The van der Waals surface area contributed by atoms with Gasteiger partial charge in [0.2, 0.25) is 5.78 Å². The zero-order valence-corrected chi connectivity index (χ0v) is 16.9. The van der Waals surface area contributed by atoms with E-state index in [0.29, 0.717) is 17.2 Å². The molecule has 144 valence electrons. The van der Waals surface area contributed by atoms with Gasteiger partial charge in [-0.1, -0.05) is 30.3 Å². The molecule has 4 nitrogen and oxygen atoms in total. The average Bonchev–Trinajstić information content (AvgIpc) is 2.96. The molecule has 0 radical (unpaired) electrons. The highest BCUT2D eigenvalue weighted by atomic mass is 16.1. The Morgan fingerprint density at radius 1 is 1.15 bits per heavy atom. The van der Waals surface area contributed by atoms with Crippen LogP contribution in [-0.4, -0.2) is 35.7 Å². The second-order valence-electron chi connectivity index (χ2n) is 8.06. The summed E-state index contributed by atoms with van der Waals surface area (Å²) in [7, 11) is 0. The first-order valence-corrected chi connectivity index (χ1v) is 10.0. The number of aryl methyl sites for hydroxylation is 1. The number of H-pyrrole nitrogens is 1. The van der Waals surface area contributed by atoms with E-state index in [1.807, 2.05) is 20.8 Å². The molecule has 0 saturated carbocycles. The highest BCUT2D eigenvalue weighted by molar-refractivity contribution is 6.04. The summed E-state index contributed by atoms with van der Waals surface area (Å²) in [5, 5.41) is 0. The molecule has 2 heterocycles. The SMILES string of the molecule is CC(=O)c1c(C)[nH]c(C(=O)[C@@H](C)[NH+]2CCC(Cc3ccccc3)CC2)c1C. The first-order valence-electron chi connectivity index (χ1n) is 10.0. The number of carbonyl (C=O) groups is 2. The lowest BCUT2D eigenvalue weighted by Gasteiger charge is -2.32. The summed E-state index contributed by atoms with van der Waals surface area (Å²) >= 11 is 0. The van der Waals surface area contributed by atoms with Crippen LogP contribution in [0, 0.1) is 19.8 Å². The maximum atomic E-state index is 13.1. The molecule has 0 amide bonds. The second kappa shape index (κ2) is 8.22. The van der Waals surface area contributed by atoms with Gasteiger partial charge in [-0.15, -0.1) is 0 Å². The van der Waals surface area contributed by atoms with Crippen LogP contribution >= 0.6 is 0 Å². The Kier molecular flexibility index (Phi) is 5.95. The molecule has 3 rings (SSSR count). The van der Waals surface area contributed by atoms with Crippen LogP contribution in [0.4, 0.5) is 0 Å². The number of quaternary nitrogens is 1. The molecule has 2 N–H and O–H groups in total. The van der Waals surface area contributed by atoms with Crippen molar-refractivity contribution in [1.82, 2.24) is 4.98 Å². The number of carbonyl (C=O) groups excluding carboxylic acids is 2. The third-order valence-electron chi connectivity index (χ3n) is 6.16. The van der Waals surface area contributed by atoms with Crippen LogP contribution in [0.1, 0.15) is 64.4 Å². The summed E-state index contributed by atoms with van der Waals surface area (Å²) in [6.45, 7) is 9.39. The number of rotatable bonds is 6. The molecule has 1 aliphatic heterocycles. The van der Waals surface area contributed by atoms with Crippen molar-refractivity contribution in [3.63, 3.8) is 0 Å². The van der Waals surface area contributed by atoms with Crippen LogP contribution in [0.2, 0.25) is 0 Å². The number of hydrogen-bond donors (Lipinski definition) is 2. The minimum Gasteiger partial charge on any atom is -0.355 e. The van der Waals surface area contributed by atoms with E-state index in [9.17, 15) is 9.59 Å². The smallest absolute Gasteiger partial charge is 0.235 e. The highest BCUT2D eigenvalue weighted by Gasteiger charge is 2.33. The number of ketones is 2. The molecule has 1 aromatic carbocycles. The van der Waals surface area contributed by atoms with E-state index in [2.05, 4.69) is 35.3 Å². The summed E-state index contributed by atoms with van der Waals surface area (Å²) in [5.74, 6) is 0.846. The van der Waals surface area contributed by atoms with Gasteiger partial charge in [-0.2, -0.15) is 0 Å². The van der Waals surface area contributed by atoms with Crippen LogP contribution in [0.25, 0.3) is 0 Å². The van der Waals surface area contributed by atoms with Crippen molar-refractivity contribution in [2.24, 2.45) is 5.92 Å². The Bertz CT molecular complexity index is 814. The molecule has 0 bridgehead atoms. The number of hydrogen-bond acceptors (Lipinski definition) is 2. The van der Waals surface area contributed by atoms with Gasteiger partial charge in [0.05, 0.1) is 18.8 Å². The minimum atomic E-state index is -0.0840. The third-order valence-corrected chi connectivity index (χ3v) is 6.16. The zero-order valence-electron chi connectivity index (χ0n) is 16.9.